The van der Waals surface area contributed by atoms with Gasteiger partial charge in [0.1, 0.15) is 23.9 Å². The molecule has 19 heteroatoms. The molecule has 0 spiro atoms. The van der Waals surface area contributed by atoms with Crippen molar-refractivity contribution in [3.05, 3.63) is 0 Å². The molecular formula is C34H60N8O10S. The minimum Gasteiger partial charge on any atom is -0.390 e. The summed E-state index contributed by atoms with van der Waals surface area (Å²) in [5.74, 6) is -2.68. The first-order valence-electron chi connectivity index (χ1n) is 17.4. The second-order valence-electron chi connectivity index (χ2n) is 14.0. The van der Waals surface area contributed by atoms with Crippen LogP contribution in [0.2, 0.25) is 0 Å². The number of rotatable bonds is 19. The van der Waals surface area contributed by atoms with E-state index in [9.17, 15) is 48.3 Å². The summed E-state index contributed by atoms with van der Waals surface area (Å²) >= 11 is 1.11. The molecule has 18 nitrogen and oxygen atoms in total. The van der Waals surface area contributed by atoms with E-state index in [0.29, 0.717) is 29.9 Å². The van der Waals surface area contributed by atoms with E-state index in [0.717, 1.165) is 23.7 Å². The zero-order valence-corrected chi connectivity index (χ0v) is 34.0. The molecular weight excluding hydrogens is 712 g/mol. The highest BCUT2D eigenvalue weighted by Crippen LogP contribution is 2.23. The van der Waals surface area contributed by atoms with Gasteiger partial charge in [0.25, 0.3) is 11.8 Å². The van der Waals surface area contributed by atoms with Gasteiger partial charge in [-0.3, -0.25) is 34.6 Å². The van der Waals surface area contributed by atoms with Gasteiger partial charge in [0.15, 0.2) is 5.37 Å². The molecule has 0 saturated carbocycles. The number of nitrogens with zero attached hydrogens (tertiary/aromatic N) is 4. The van der Waals surface area contributed by atoms with Crippen LogP contribution in [0, 0.1) is 5.92 Å². The fraction of sp³-hybridized carbons (Fsp3) is 0.735. The van der Waals surface area contributed by atoms with E-state index in [1.54, 1.807) is 6.92 Å². The summed E-state index contributed by atoms with van der Waals surface area (Å²) in [7, 11) is 6.55. The molecule has 0 radical (unpaired) electrons. The molecule has 5 N–H and O–H groups in total. The van der Waals surface area contributed by atoms with Crippen LogP contribution in [0.1, 0.15) is 87.0 Å². The second-order valence-corrected chi connectivity index (χ2v) is 15.1. The Bertz CT molecular complexity index is 1340. The standard InChI is InChI=1S/C34H60N8O10S/c1-13-15-25(44)41(11)30(53-17-14-16-21(4)43)29(48)40(10)24(19-34(6,7)52)27(46)37-32(50)42(12)33(51)38-31(49)36-22(5)28(47)39(9)23(18-20(2)3)26(45)35-8/h20,22-24,30,52H,13-19H2,1-12H3,(H,35,45)(H,37,46,50)(H2,36,38,49,51)/t22-,23+,24+,30-/m1/s1. The van der Waals surface area contributed by atoms with Crippen molar-refractivity contribution < 1.29 is 48.3 Å². The van der Waals surface area contributed by atoms with Crippen LogP contribution in [0.5, 0.6) is 0 Å². The molecule has 0 aliphatic carbocycles. The number of aliphatic hydroxyl groups is 1. The first kappa shape index (κ1) is 48.7. The Kier molecular flexibility index (Phi) is 20.9. The molecule has 0 fully saturated rings. The SMILES string of the molecule is CCCC(=O)N(C)[C@H](SCCCC(C)=O)C(=O)N(C)[C@@H](CC(C)(C)O)C(=O)NC(=O)N(C)C(=O)NC(=O)N[C@H](C)C(=O)N(C)[C@@H](CC(C)C)C(=O)NC. The van der Waals surface area contributed by atoms with Crippen molar-refractivity contribution in [3.8, 4) is 0 Å². The number of thioether (sulfide) groups is 1. The third-order valence-electron chi connectivity index (χ3n) is 8.02. The Balaban J connectivity index is 5.86. The minimum atomic E-state index is -1.52. The molecule has 0 aliphatic rings. The molecule has 302 valence electrons. The van der Waals surface area contributed by atoms with Crippen LogP contribution in [-0.2, 0) is 28.8 Å². The van der Waals surface area contributed by atoms with Crippen LogP contribution in [0.25, 0.3) is 0 Å². The zero-order valence-electron chi connectivity index (χ0n) is 33.2. The van der Waals surface area contributed by atoms with Gasteiger partial charge in [-0.05, 0) is 58.6 Å². The van der Waals surface area contributed by atoms with Crippen molar-refractivity contribution in [1.82, 2.24) is 40.9 Å². The molecule has 0 aliphatic heterocycles. The lowest BCUT2D eigenvalue weighted by Gasteiger charge is -2.36. The fourth-order valence-corrected chi connectivity index (χ4v) is 6.13. The van der Waals surface area contributed by atoms with Gasteiger partial charge in [-0.15, -0.1) is 11.8 Å². The third kappa shape index (κ3) is 17.0. The average molecular weight is 773 g/mol. The van der Waals surface area contributed by atoms with E-state index < -0.39 is 70.8 Å². The van der Waals surface area contributed by atoms with Gasteiger partial charge < -0.3 is 35.2 Å². The Morgan fingerprint density at radius 3 is 1.81 bits per heavy atom. The van der Waals surface area contributed by atoms with Crippen molar-refractivity contribution in [2.45, 2.75) is 116 Å². The summed E-state index contributed by atoms with van der Waals surface area (Å²) in [4.78, 5) is 119. The van der Waals surface area contributed by atoms with E-state index >= 15 is 0 Å². The lowest BCUT2D eigenvalue weighted by Crippen LogP contribution is -2.59. The summed E-state index contributed by atoms with van der Waals surface area (Å²) in [6.45, 7) is 11.1. The number of carbonyl (C=O) groups is 9. The largest absolute Gasteiger partial charge is 0.390 e. The van der Waals surface area contributed by atoms with Crippen LogP contribution < -0.4 is 21.3 Å². The number of hydrogen-bond donors (Lipinski definition) is 5. The lowest BCUT2D eigenvalue weighted by molar-refractivity contribution is -0.145. The number of amides is 11. The van der Waals surface area contributed by atoms with Gasteiger partial charge in [-0.25, -0.2) is 19.3 Å². The van der Waals surface area contributed by atoms with Crippen LogP contribution in [0.3, 0.4) is 0 Å². The Hall–Kier alpha value is -4.26. The smallest absolute Gasteiger partial charge is 0.333 e. The number of nitrogens with one attached hydrogen (secondary N) is 4. The number of carbonyl (C=O) groups excluding carboxylic acids is 9. The highest BCUT2D eigenvalue weighted by molar-refractivity contribution is 8.00. The molecule has 0 aromatic carbocycles. The molecule has 0 heterocycles. The van der Waals surface area contributed by atoms with Crippen molar-refractivity contribution in [2.24, 2.45) is 5.92 Å². The topological polar surface area (TPSA) is 235 Å². The Morgan fingerprint density at radius 2 is 1.32 bits per heavy atom. The monoisotopic (exact) mass is 772 g/mol. The van der Waals surface area contributed by atoms with Crippen molar-refractivity contribution >= 4 is 65.2 Å². The van der Waals surface area contributed by atoms with Gasteiger partial charge in [-0.1, -0.05) is 20.8 Å². The van der Waals surface area contributed by atoms with Crippen molar-refractivity contribution in [3.63, 3.8) is 0 Å². The highest BCUT2D eigenvalue weighted by Gasteiger charge is 2.38. The first-order chi connectivity index (χ1) is 24.4. The molecule has 4 atom stereocenters. The normalized spacial score (nSPS) is 13.4. The molecule has 0 saturated heterocycles. The maximum absolute atomic E-state index is 13.8. The summed E-state index contributed by atoms with van der Waals surface area (Å²) in [6, 6.07) is -7.15. The van der Waals surface area contributed by atoms with E-state index in [1.165, 1.54) is 65.7 Å². The summed E-state index contributed by atoms with van der Waals surface area (Å²) in [6.07, 6.45) is 1.42. The highest BCUT2D eigenvalue weighted by atomic mass is 32.2. The fourth-order valence-electron chi connectivity index (χ4n) is 4.95. The van der Waals surface area contributed by atoms with Crippen molar-refractivity contribution in [2.75, 3.05) is 41.0 Å². The van der Waals surface area contributed by atoms with Crippen LogP contribution >= 0.6 is 11.8 Å². The summed E-state index contributed by atoms with van der Waals surface area (Å²) in [5, 5.41) is 18.2. The Labute approximate surface area is 316 Å². The number of likely N-dealkylation sites (N-methyl/N-ethyl adjacent to an activating group) is 4. The average Bonchev–Trinajstić information content (AvgIpc) is 3.06. The zero-order chi connectivity index (χ0) is 41.4. The molecule has 0 bridgehead atoms. The quantitative estimate of drug-likeness (QED) is 0.0926. The molecule has 0 rings (SSSR count). The molecule has 11 amide bonds. The van der Waals surface area contributed by atoms with E-state index in [1.807, 2.05) is 24.5 Å². The minimum absolute atomic E-state index is 0.0333. The van der Waals surface area contributed by atoms with Gasteiger partial charge >= 0.3 is 18.1 Å². The maximum Gasteiger partial charge on any atom is 0.333 e. The predicted octanol–water partition coefficient (Wildman–Crippen LogP) is 1.26. The van der Waals surface area contributed by atoms with Crippen LogP contribution in [-0.4, -0.2) is 148 Å². The second kappa shape index (κ2) is 22.7. The van der Waals surface area contributed by atoms with Crippen LogP contribution in [0.15, 0.2) is 0 Å². The maximum atomic E-state index is 13.8. The molecule has 0 aromatic heterocycles. The van der Waals surface area contributed by atoms with E-state index in [4.69, 9.17) is 0 Å². The van der Waals surface area contributed by atoms with Gasteiger partial charge in [-0.2, -0.15) is 0 Å². The van der Waals surface area contributed by atoms with E-state index in [-0.39, 0.29) is 36.9 Å². The molecule has 53 heavy (non-hydrogen) atoms. The van der Waals surface area contributed by atoms with Crippen molar-refractivity contribution in [1.29, 1.82) is 0 Å². The number of urea groups is 3. The molecule has 0 unspecified atom stereocenters. The number of imide groups is 3. The lowest BCUT2D eigenvalue weighted by atomic mass is 9.97. The number of ketones is 1. The first-order valence-corrected chi connectivity index (χ1v) is 18.5. The van der Waals surface area contributed by atoms with Crippen LogP contribution in [0.4, 0.5) is 14.4 Å². The predicted molar refractivity (Wildman–Crippen MR) is 199 cm³/mol. The third-order valence-corrected chi connectivity index (χ3v) is 9.37. The number of hydrogen-bond acceptors (Lipinski definition) is 11. The van der Waals surface area contributed by atoms with Gasteiger partial charge in [0.2, 0.25) is 17.7 Å². The molecule has 0 aromatic rings. The summed E-state index contributed by atoms with van der Waals surface area (Å²) in [5.41, 5.74) is -1.52. The number of Topliss-reactive ketones (excluding diaryl/α,β-unsaturated/α-hetero) is 1. The Morgan fingerprint density at radius 1 is 0.774 bits per heavy atom. The van der Waals surface area contributed by atoms with Gasteiger partial charge in [0, 0.05) is 54.5 Å². The summed E-state index contributed by atoms with van der Waals surface area (Å²) < 4.78 is 0. The van der Waals surface area contributed by atoms with Gasteiger partial charge in [0.05, 0.1) is 5.60 Å². The van der Waals surface area contributed by atoms with E-state index in [2.05, 4.69) is 10.6 Å².